The highest BCUT2D eigenvalue weighted by molar-refractivity contribution is 7.80. The van der Waals surface area contributed by atoms with Crippen LogP contribution in [0.1, 0.15) is 47.1 Å². The smallest absolute Gasteiger partial charge is 0.270 e. The van der Waals surface area contributed by atoms with E-state index in [0.29, 0.717) is 48.9 Å². The number of carbonyl (C=O) groups is 2. The molecular formula is C29H31N5O5S. The van der Waals surface area contributed by atoms with E-state index in [1.807, 2.05) is 17.0 Å². The third-order valence-corrected chi connectivity index (χ3v) is 6.63. The molecule has 3 aromatic rings. The molecule has 0 radical (unpaired) electrons. The highest BCUT2D eigenvalue weighted by Crippen LogP contribution is 2.27. The molecule has 3 aromatic carbocycles. The number of non-ortho nitro benzene ring substituents is 1. The van der Waals surface area contributed by atoms with Gasteiger partial charge in [-0.2, -0.15) is 0 Å². The van der Waals surface area contributed by atoms with Gasteiger partial charge in [-0.05, 0) is 65.7 Å². The number of rotatable bonds is 6. The van der Waals surface area contributed by atoms with Crippen LogP contribution in [0.4, 0.5) is 22.7 Å². The number of nitrogens with zero attached hydrogens (tertiary/aromatic N) is 2. The molecule has 1 heterocycles. The topological polar surface area (TPSA) is 126 Å². The zero-order valence-corrected chi connectivity index (χ0v) is 23.3. The predicted molar refractivity (Wildman–Crippen MR) is 159 cm³/mol. The van der Waals surface area contributed by atoms with Crippen LogP contribution in [0.3, 0.4) is 0 Å². The molecule has 1 aliphatic rings. The normalized spacial score (nSPS) is 13.3. The standard InChI is InChI=1S/C29H31N5O5S/c1-29(2,3)20-6-4-19(5-7-20)26(35)30-21-8-10-22(11-9-21)31-28(40)32-27(36)24-18-23(34(37)38)12-13-25(24)33-14-16-39-17-15-33/h4-13,18H,14-17H2,1-3H3,(H,30,35)(H2,31,32,36,40). The summed E-state index contributed by atoms with van der Waals surface area (Å²) in [7, 11) is 0. The van der Waals surface area contributed by atoms with Crippen LogP contribution in [0.25, 0.3) is 0 Å². The van der Waals surface area contributed by atoms with Gasteiger partial charge in [0.15, 0.2) is 5.11 Å². The van der Waals surface area contributed by atoms with E-state index in [0.717, 1.165) is 5.56 Å². The summed E-state index contributed by atoms with van der Waals surface area (Å²) < 4.78 is 5.38. The molecule has 4 rings (SSSR count). The average molecular weight is 562 g/mol. The third-order valence-electron chi connectivity index (χ3n) is 6.43. The first-order valence-corrected chi connectivity index (χ1v) is 13.2. The first kappa shape index (κ1) is 28.7. The van der Waals surface area contributed by atoms with Gasteiger partial charge in [-0.25, -0.2) is 0 Å². The van der Waals surface area contributed by atoms with Crippen LogP contribution in [0, 0.1) is 10.1 Å². The fourth-order valence-corrected chi connectivity index (χ4v) is 4.40. The summed E-state index contributed by atoms with van der Waals surface area (Å²) in [6.45, 7) is 8.47. The van der Waals surface area contributed by atoms with Crippen molar-refractivity contribution in [3.05, 3.63) is 93.5 Å². The second-order valence-electron chi connectivity index (χ2n) is 10.3. The van der Waals surface area contributed by atoms with Crippen molar-refractivity contribution in [1.29, 1.82) is 0 Å². The first-order chi connectivity index (χ1) is 19.0. The number of hydrogen-bond acceptors (Lipinski definition) is 7. The summed E-state index contributed by atoms with van der Waals surface area (Å²) in [5, 5.41) is 19.8. The fourth-order valence-electron chi connectivity index (χ4n) is 4.19. The van der Waals surface area contributed by atoms with Crippen LogP contribution in [-0.4, -0.2) is 48.2 Å². The fraction of sp³-hybridized carbons (Fsp3) is 0.276. The molecular weight excluding hydrogens is 530 g/mol. The molecule has 1 aliphatic heterocycles. The summed E-state index contributed by atoms with van der Waals surface area (Å²) >= 11 is 5.32. The quantitative estimate of drug-likeness (QED) is 0.215. The van der Waals surface area contributed by atoms with Crippen molar-refractivity contribution >= 4 is 51.9 Å². The van der Waals surface area contributed by atoms with Crippen LogP contribution in [0.5, 0.6) is 0 Å². The van der Waals surface area contributed by atoms with Gasteiger partial charge in [-0.1, -0.05) is 32.9 Å². The maximum absolute atomic E-state index is 13.1. The molecule has 0 saturated carbocycles. The summed E-state index contributed by atoms with van der Waals surface area (Å²) in [5.41, 5.74) is 3.41. The summed E-state index contributed by atoms with van der Waals surface area (Å²) in [6, 6.07) is 18.6. The lowest BCUT2D eigenvalue weighted by Gasteiger charge is -2.30. The molecule has 0 unspecified atom stereocenters. The van der Waals surface area contributed by atoms with Gasteiger partial charge in [0.2, 0.25) is 0 Å². The number of carbonyl (C=O) groups excluding carboxylic acids is 2. The number of nitro benzene ring substituents is 1. The Bertz CT molecular complexity index is 1410. The number of benzene rings is 3. The molecule has 0 aromatic heterocycles. The number of ether oxygens (including phenoxy) is 1. The maximum atomic E-state index is 13.1. The molecule has 1 saturated heterocycles. The number of amides is 2. The van der Waals surface area contributed by atoms with Crippen LogP contribution in [0.2, 0.25) is 0 Å². The molecule has 0 spiro atoms. The van der Waals surface area contributed by atoms with Crippen LogP contribution in [0.15, 0.2) is 66.7 Å². The van der Waals surface area contributed by atoms with E-state index in [9.17, 15) is 19.7 Å². The Morgan fingerprint density at radius 2 is 1.50 bits per heavy atom. The van der Waals surface area contributed by atoms with Gasteiger partial charge in [0, 0.05) is 42.2 Å². The molecule has 10 nitrogen and oxygen atoms in total. The summed E-state index contributed by atoms with van der Waals surface area (Å²) in [4.78, 5) is 38.5. The zero-order valence-electron chi connectivity index (χ0n) is 22.5. The van der Waals surface area contributed by atoms with Gasteiger partial charge in [0.25, 0.3) is 17.5 Å². The Hall–Kier alpha value is -4.35. The first-order valence-electron chi connectivity index (χ1n) is 12.8. The predicted octanol–water partition coefficient (Wildman–Crippen LogP) is 5.11. The monoisotopic (exact) mass is 561 g/mol. The van der Waals surface area contributed by atoms with Crippen molar-refractivity contribution in [2.75, 3.05) is 41.8 Å². The van der Waals surface area contributed by atoms with Crippen LogP contribution in [-0.2, 0) is 10.2 Å². The Labute approximate surface area is 237 Å². The second-order valence-corrected chi connectivity index (χ2v) is 10.7. The van der Waals surface area contributed by atoms with Crippen molar-refractivity contribution in [2.45, 2.75) is 26.2 Å². The van der Waals surface area contributed by atoms with E-state index in [4.69, 9.17) is 17.0 Å². The lowest BCUT2D eigenvalue weighted by atomic mass is 9.87. The summed E-state index contributed by atoms with van der Waals surface area (Å²) in [6.07, 6.45) is 0. The SMILES string of the molecule is CC(C)(C)c1ccc(C(=O)Nc2ccc(NC(=S)NC(=O)c3cc([N+](=O)[O-])ccc3N3CCOCC3)cc2)cc1. The largest absolute Gasteiger partial charge is 0.378 e. The molecule has 208 valence electrons. The molecule has 1 fully saturated rings. The Morgan fingerprint density at radius 1 is 0.900 bits per heavy atom. The van der Waals surface area contributed by atoms with Crippen LogP contribution < -0.4 is 20.9 Å². The van der Waals surface area contributed by atoms with E-state index < -0.39 is 10.8 Å². The minimum Gasteiger partial charge on any atom is -0.378 e. The molecule has 11 heteroatoms. The van der Waals surface area contributed by atoms with E-state index >= 15 is 0 Å². The van der Waals surface area contributed by atoms with Gasteiger partial charge in [-0.3, -0.25) is 25.0 Å². The molecule has 0 aliphatic carbocycles. The van der Waals surface area contributed by atoms with Crippen molar-refractivity contribution in [3.8, 4) is 0 Å². The Kier molecular flexibility index (Phi) is 8.76. The van der Waals surface area contributed by atoms with Crippen molar-refractivity contribution < 1.29 is 19.2 Å². The van der Waals surface area contributed by atoms with E-state index in [-0.39, 0.29) is 27.7 Å². The van der Waals surface area contributed by atoms with Gasteiger partial charge < -0.3 is 20.3 Å². The number of morpholine rings is 1. The van der Waals surface area contributed by atoms with Crippen molar-refractivity contribution in [3.63, 3.8) is 0 Å². The van der Waals surface area contributed by atoms with Crippen LogP contribution >= 0.6 is 12.2 Å². The lowest BCUT2D eigenvalue weighted by molar-refractivity contribution is -0.384. The Morgan fingerprint density at radius 3 is 2.08 bits per heavy atom. The molecule has 0 atom stereocenters. The molecule has 40 heavy (non-hydrogen) atoms. The number of anilines is 3. The molecule has 3 N–H and O–H groups in total. The van der Waals surface area contributed by atoms with Gasteiger partial charge in [-0.15, -0.1) is 0 Å². The molecule has 0 bridgehead atoms. The molecule has 2 amide bonds. The van der Waals surface area contributed by atoms with E-state index in [1.54, 1.807) is 42.5 Å². The number of thiocarbonyl (C=S) groups is 1. The zero-order chi connectivity index (χ0) is 28.9. The van der Waals surface area contributed by atoms with E-state index in [1.165, 1.54) is 12.1 Å². The third kappa shape index (κ3) is 7.19. The number of nitrogens with one attached hydrogen (secondary N) is 3. The lowest BCUT2D eigenvalue weighted by Crippen LogP contribution is -2.39. The van der Waals surface area contributed by atoms with Crippen molar-refractivity contribution in [2.24, 2.45) is 0 Å². The minimum atomic E-state index is -0.566. The van der Waals surface area contributed by atoms with Crippen molar-refractivity contribution in [1.82, 2.24) is 5.32 Å². The second kappa shape index (κ2) is 12.2. The summed E-state index contributed by atoms with van der Waals surface area (Å²) in [5.74, 6) is -0.791. The maximum Gasteiger partial charge on any atom is 0.270 e. The number of nitro groups is 1. The minimum absolute atomic E-state index is 0.00196. The van der Waals surface area contributed by atoms with Gasteiger partial charge >= 0.3 is 0 Å². The van der Waals surface area contributed by atoms with E-state index in [2.05, 4.69) is 36.7 Å². The highest BCUT2D eigenvalue weighted by Gasteiger charge is 2.23. The number of hydrogen-bond donors (Lipinski definition) is 3. The average Bonchev–Trinajstić information content (AvgIpc) is 2.93. The Balaban J connectivity index is 1.38. The van der Waals surface area contributed by atoms with Gasteiger partial charge in [0.1, 0.15) is 0 Å². The van der Waals surface area contributed by atoms with Gasteiger partial charge in [0.05, 0.1) is 29.4 Å². The highest BCUT2D eigenvalue weighted by atomic mass is 32.1.